The minimum atomic E-state index is -0.442. The van der Waals surface area contributed by atoms with Gasteiger partial charge < -0.3 is 23.4 Å². The Labute approximate surface area is 184 Å². The van der Waals surface area contributed by atoms with Crippen LogP contribution in [-0.4, -0.2) is 44.0 Å². The number of ether oxygens (including phenoxy) is 4. The van der Waals surface area contributed by atoms with E-state index in [1.807, 2.05) is 0 Å². The molecule has 3 heterocycles. The topological polar surface area (TPSA) is 87.4 Å². The first-order valence-electron chi connectivity index (χ1n) is 10.5. The first-order chi connectivity index (χ1) is 15.6. The summed E-state index contributed by atoms with van der Waals surface area (Å²) < 4.78 is 27.9. The lowest BCUT2D eigenvalue weighted by molar-refractivity contribution is 0.0281. The Bertz CT molecular complexity index is 1200. The van der Waals surface area contributed by atoms with Gasteiger partial charge in [-0.1, -0.05) is 0 Å². The van der Waals surface area contributed by atoms with E-state index in [1.165, 1.54) is 13.4 Å². The van der Waals surface area contributed by atoms with Gasteiger partial charge in [0.2, 0.25) is 11.2 Å². The number of carbonyl (C=O) groups excluding carboxylic acids is 1. The standard InChI is InChI=1S/C24H23NO7/c1-28-24(27)15-4-6-16(7-5-15)32-21-13-30-23-18(22(21)26)8-9-20-19(23)12-25(14-31-20)11-17-3-2-10-29-17/h4-9,13,17H,2-3,10-12,14H2,1H3. The number of esters is 1. The highest BCUT2D eigenvalue weighted by atomic mass is 16.5. The fraction of sp³-hybridized carbons (Fsp3) is 0.333. The minimum Gasteiger partial charge on any atom is -0.478 e. The van der Waals surface area contributed by atoms with Crippen LogP contribution in [-0.2, 0) is 16.0 Å². The van der Waals surface area contributed by atoms with E-state index in [4.69, 9.17) is 18.6 Å². The van der Waals surface area contributed by atoms with Crippen LogP contribution in [0.3, 0.4) is 0 Å². The van der Waals surface area contributed by atoms with Crippen LogP contribution in [0.25, 0.3) is 11.0 Å². The zero-order valence-corrected chi connectivity index (χ0v) is 17.7. The van der Waals surface area contributed by atoms with Crippen molar-refractivity contribution < 1.29 is 28.2 Å². The Kier molecular flexibility index (Phi) is 5.55. The molecule has 166 valence electrons. The van der Waals surface area contributed by atoms with Gasteiger partial charge in [0.05, 0.1) is 29.7 Å². The van der Waals surface area contributed by atoms with Gasteiger partial charge in [0.25, 0.3) is 0 Å². The molecule has 0 amide bonds. The molecule has 1 saturated heterocycles. The Balaban J connectivity index is 1.40. The quantitative estimate of drug-likeness (QED) is 0.559. The first kappa shape index (κ1) is 20.5. The van der Waals surface area contributed by atoms with Crippen LogP contribution < -0.4 is 14.9 Å². The average Bonchev–Trinajstić information content (AvgIpc) is 3.33. The molecular weight excluding hydrogens is 414 g/mol. The van der Waals surface area contributed by atoms with Gasteiger partial charge in [-0.3, -0.25) is 9.69 Å². The molecule has 8 heteroatoms. The second-order valence-corrected chi connectivity index (χ2v) is 7.89. The molecule has 0 radical (unpaired) electrons. The van der Waals surface area contributed by atoms with Crippen molar-refractivity contribution in [3.05, 3.63) is 64.0 Å². The van der Waals surface area contributed by atoms with E-state index in [9.17, 15) is 9.59 Å². The molecule has 2 aliphatic rings. The maximum absolute atomic E-state index is 13.1. The van der Waals surface area contributed by atoms with E-state index in [2.05, 4.69) is 9.64 Å². The number of carbonyl (C=O) groups is 1. The lowest BCUT2D eigenvalue weighted by Crippen LogP contribution is -2.37. The van der Waals surface area contributed by atoms with Gasteiger partial charge in [0.1, 0.15) is 30.1 Å². The largest absolute Gasteiger partial charge is 0.478 e. The van der Waals surface area contributed by atoms with Crippen molar-refractivity contribution in [1.29, 1.82) is 0 Å². The first-order valence-corrected chi connectivity index (χ1v) is 10.5. The second kappa shape index (κ2) is 8.64. The third-order valence-corrected chi connectivity index (χ3v) is 5.74. The van der Waals surface area contributed by atoms with Crippen LogP contribution in [0.1, 0.15) is 28.8 Å². The summed E-state index contributed by atoms with van der Waals surface area (Å²) in [5, 5.41) is 0.426. The Morgan fingerprint density at radius 3 is 2.78 bits per heavy atom. The lowest BCUT2D eigenvalue weighted by Gasteiger charge is -2.30. The number of nitrogens with zero attached hydrogens (tertiary/aromatic N) is 1. The van der Waals surface area contributed by atoms with Crippen molar-refractivity contribution in [1.82, 2.24) is 4.90 Å². The van der Waals surface area contributed by atoms with Crippen molar-refractivity contribution in [2.75, 3.05) is 27.0 Å². The molecule has 0 bridgehead atoms. The van der Waals surface area contributed by atoms with Gasteiger partial charge >= 0.3 is 5.97 Å². The number of fused-ring (bicyclic) bond motifs is 3. The average molecular weight is 437 g/mol. The van der Waals surface area contributed by atoms with Gasteiger partial charge in [-0.05, 0) is 49.2 Å². The molecule has 0 N–H and O–H groups in total. The monoisotopic (exact) mass is 437 g/mol. The molecule has 1 atom stereocenters. The predicted octanol–water partition coefficient (Wildman–Crippen LogP) is 3.70. The van der Waals surface area contributed by atoms with Crippen molar-refractivity contribution >= 4 is 16.9 Å². The highest BCUT2D eigenvalue weighted by Gasteiger charge is 2.26. The number of rotatable bonds is 5. The van der Waals surface area contributed by atoms with Gasteiger partial charge in [0.15, 0.2) is 0 Å². The Morgan fingerprint density at radius 2 is 2.03 bits per heavy atom. The maximum Gasteiger partial charge on any atom is 0.337 e. The number of hydrogen-bond acceptors (Lipinski definition) is 8. The van der Waals surface area contributed by atoms with Crippen LogP contribution in [0.15, 0.2) is 51.9 Å². The zero-order valence-electron chi connectivity index (χ0n) is 17.7. The molecule has 1 fully saturated rings. The summed E-state index contributed by atoms with van der Waals surface area (Å²) in [6.07, 6.45) is 3.67. The molecule has 5 rings (SSSR count). The molecule has 0 spiro atoms. The van der Waals surface area contributed by atoms with E-state index >= 15 is 0 Å². The van der Waals surface area contributed by atoms with Crippen molar-refractivity contribution in [2.45, 2.75) is 25.5 Å². The highest BCUT2D eigenvalue weighted by molar-refractivity contribution is 5.89. The summed E-state index contributed by atoms with van der Waals surface area (Å²) in [5.41, 5.74) is 1.46. The minimum absolute atomic E-state index is 0.0659. The van der Waals surface area contributed by atoms with Crippen LogP contribution in [0.5, 0.6) is 17.2 Å². The molecule has 0 aliphatic carbocycles. The maximum atomic E-state index is 13.1. The molecule has 32 heavy (non-hydrogen) atoms. The SMILES string of the molecule is COC(=O)c1ccc(Oc2coc3c4c(ccc3c2=O)OCN(CC2CCCO2)C4)cc1. The van der Waals surface area contributed by atoms with Crippen LogP contribution in [0.4, 0.5) is 0 Å². The summed E-state index contributed by atoms with van der Waals surface area (Å²) in [6, 6.07) is 9.83. The van der Waals surface area contributed by atoms with Crippen molar-refractivity contribution in [2.24, 2.45) is 0 Å². The molecule has 1 unspecified atom stereocenters. The van der Waals surface area contributed by atoms with E-state index in [0.29, 0.717) is 35.6 Å². The normalized spacial score (nSPS) is 18.2. The second-order valence-electron chi connectivity index (χ2n) is 7.89. The predicted molar refractivity (Wildman–Crippen MR) is 115 cm³/mol. The zero-order chi connectivity index (χ0) is 22.1. The van der Waals surface area contributed by atoms with Crippen molar-refractivity contribution in [3.8, 4) is 17.2 Å². The number of benzene rings is 2. The summed E-state index contributed by atoms with van der Waals surface area (Å²) in [6.45, 7) is 2.68. The van der Waals surface area contributed by atoms with E-state index in [1.54, 1.807) is 36.4 Å². The van der Waals surface area contributed by atoms with Gasteiger partial charge in [-0.2, -0.15) is 0 Å². The Morgan fingerprint density at radius 1 is 1.19 bits per heavy atom. The molecule has 2 aliphatic heterocycles. The van der Waals surface area contributed by atoms with Crippen LogP contribution >= 0.6 is 0 Å². The summed E-state index contributed by atoms with van der Waals surface area (Å²) >= 11 is 0. The molecule has 0 saturated carbocycles. The summed E-state index contributed by atoms with van der Waals surface area (Å²) in [5.74, 6) is 0.753. The van der Waals surface area contributed by atoms with Gasteiger partial charge in [-0.15, -0.1) is 0 Å². The van der Waals surface area contributed by atoms with Crippen molar-refractivity contribution in [3.63, 3.8) is 0 Å². The number of hydrogen-bond donors (Lipinski definition) is 0. The molecule has 3 aromatic rings. The van der Waals surface area contributed by atoms with Crippen LogP contribution in [0, 0.1) is 0 Å². The van der Waals surface area contributed by atoms with E-state index in [-0.39, 0.29) is 17.3 Å². The third-order valence-electron chi connectivity index (χ3n) is 5.74. The fourth-order valence-corrected chi connectivity index (χ4v) is 4.10. The smallest absolute Gasteiger partial charge is 0.337 e. The summed E-state index contributed by atoms with van der Waals surface area (Å²) in [4.78, 5) is 26.8. The molecule has 8 nitrogen and oxygen atoms in total. The van der Waals surface area contributed by atoms with Gasteiger partial charge in [-0.25, -0.2) is 4.79 Å². The fourth-order valence-electron chi connectivity index (χ4n) is 4.10. The van der Waals surface area contributed by atoms with Gasteiger partial charge in [0, 0.05) is 19.7 Å². The molecule has 1 aromatic heterocycles. The molecular formula is C24H23NO7. The number of methoxy groups -OCH3 is 1. The summed E-state index contributed by atoms with van der Waals surface area (Å²) in [7, 11) is 1.32. The lowest BCUT2D eigenvalue weighted by atomic mass is 10.1. The van der Waals surface area contributed by atoms with Crippen LogP contribution in [0.2, 0.25) is 0 Å². The van der Waals surface area contributed by atoms with E-state index < -0.39 is 5.97 Å². The highest BCUT2D eigenvalue weighted by Crippen LogP contribution is 2.33. The molecule has 2 aromatic carbocycles. The van der Waals surface area contributed by atoms with E-state index in [0.717, 1.165) is 37.3 Å². The third kappa shape index (κ3) is 3.94. The Hall–Kier alpha value is -3.36.